The van der Waals surface area contributed by atoms with E-state index in [1.807, 2.05) is 12.1 Å². The van der Waals surface area contributed by atoms with Crippen molar-refractivity contribution in [3.05, 3.63) is 97.3 Å². The van der Waals surface area contributed by atoms with Gasteiger partial charge in [-0.1, -0.05) is 41.4 Å². The molecule has 0 unspecified atom stereocenters. The van der Waals surface area contributed by atoms with Crippen molar-refractivity contribution in [3.63, 3.8) is 0 Å². The Hall–Kier alpha value is -3.63. The van der Waals surface area contributed by atoms with Gasteiger partial charge in [0.2, 0.25) is 0 Å². The van der Waals surface area contributed by atoms with Crippen LogP contribution in [0.5, 0.6) is 0 Å². The van der Waals surface area contributed by atoms with Gasteiger partial charge in [-0.25, -0.2) is 9.78 Å². The summed E-state index contributed by atoms with van der Waals surface area (Å²) >= 11 is 13.6. The summed E-state index contributed by atoms with van der Waals surface area (Å²) in [7, 11) is 0. The molecule has 0 saturated heterocycles. The van der Waals surface area contributed by atoms with Gasteiger partial charge in [0.25, 0.3) is 0 Å². The summed E-state index contributed by atoms with van der Waals surface area (Å²) < 4.78 is 11.3. The van der Waals surface area contributed by atoms with Crippen LogP contribution in [0.15, 0.2) is 79.7 Å². The summed E-state index contributed by atoms with van der Waals surface area (Å²) in [5, 5.41) is 13.7. The number of nitrogens with zero attached hydrogens (tertiary/aromatic N) is 2. The van der Waals surface area contributed by atoms with Gasteiger partial charge in [-0.15, -0.1) is 11.3 Å². The van der Waals surface area contributed by atoms with Gasteiger partial charge in [-0.05, 0) is 42.5 Å². The van der Waals surface area contributed by atoms with Crippen LogP contribution in [0.25, 0.3) is 45.2 Å². The summed E-state index contributed by atoms with van der Waals surface area (Å²) in [6, 6.07) is 19.7. The molecule has 8 heteroatoms. The number of thiazole rings is 1. The van der Waals surface area contributed by atoms with Gasteiger partial charge in [0.15, 0.2) is 0 Å². The maximum atomic E-state index is 12.4. The summed E-state index contributed by atoms with van der Waals surface area (Å²) in [5.74, 6) is 0.985. The molecule has 0 bridgehead atoms. The first-order valence-corrected chi connectivity index (χ1v) is 11.3. The Kier molecular flexibility index (Phi) is 5.61. The molecule has 0 spiro atoms. The van der Waals surface area contributed by atoms with Crippen LogP contribution in [-0.4, -0.2) is 4.98 Å². The first-order chi connectivity index (χ1) is 16.0. The number of aromatic nitrogens is 1. The van der Waals surface area contributed by atoms with Crippen molar-refractivity contribution in [2.75, 3.05) is 0 Å². The Balaban J connectivity index is 1.49. The van der Waals surface area contributed by atoms with Crippen LogP contribution in [0, 0.1) is 11.3 Å². The van der Waals surface area contributed by atoms with E-state index in [1.54, 1.807) is 60.0 Å². The molecule has 0 amide bonds. The molecule has 3 heterocycles. The average Bonchev–Trinajstić information content (AvgIpc) is 3.48. The van der Waals surface area contributed by atoms with Crippen molar-refractivity contribution >= 4 is 57.2 Å². The number of allylic oxidation sites excluding steroid dienone is 1. The second-order valence-electron chi connectivity index (χ2n) is 7.02. The topological polar surface area (TPSA) is 80.0 Å². The van der Waals surface area contributed by atoms with E-state index in [1.165, 1.54) is 11.3 Å². The minimum atomic E-state index is -0.484. The van der Waals surface area contributed by atoms with E-state index in [0.717, 1.165) is 5.39 Å². The van der Waals surface area contributed by atoms with Gasteiger partial charge in [0.1, 0.15) is 28.2 Å². The highest BCUT2D eigenvalue weighted by atomic mass is 35.5. The number of hydrogen-bond acceptors (Lipinski definition) is 6. The van der Waals surface area contributed by atoms with Crippen molar-refractivity contribution in [2.24, 2.45) is 0 Å². The molecule has 0 N–H and O–H groups in total. The third kappa shape index (κ3) is 4.22. The SMILES string of the molecule is N#C/C(=C\c1ccc(-c2cc(Cl)ccc2Cl)o1)c1nc(-c2cc3ccccc3oc2=O)cs1. The van der Waals surface area contributed by atoms with Crippen molar-refractivity contribution in [2.45, 2.75) is 0 Å². The van der Waals surface area contributed by atoms with E-state index >= 15 is 0 Å². The highest BCUT2D eigenvalue weighted by Crippen LogP contribution is 2.33. The zero-order valence-electron chi connectivity index (χ0n) is 16.7. The number of benzene rings is 2. The van der Waals surface area contributed by atoms with Crippen molar-refractivity contribution in [1.29, 1.82) is 5.26 Å². The number of nitriles is 1. The van der Waals surface area contributed by atoms with Crippen LogP contribution < -0.4 is 5.63 Å². The molecule has 5 aromatic rings. The minimum Gasteiger partial charge on any atom is -0.457 e. The highest BCUT2D eigenvalue weighted by molar-refractivity contribution is 7.11. The van der Waals surface area contributed by atoms with Crippen LogP contribution in [-0.2, 0) is 0 Å². The van der Waals surface area contributed by atoms with E-state index in [0.29, 0.717) is 54.6 Å². The van der Waals surface area contributed by atoms with Crippen LogP contribution in [0.3, 0.4) is 0 Å². The molecule has 5 nitrogen and oxygen atoms in total. The Bertz CT molecular complexity index is 1640. The normalized spacial score (nSPS) is 11.6. The van der Waals surface area contributed by atoms with Gasteiger partial charge in [0.05, 0.1) is 21.9 Å². The van der Waals surface area contributed by atoms with Crippen LogP contribution >= 0.6 is 34.5 Å². The molecule has 0 aliphatic rings. The summed E-state index contributed by atoms with van der Waals surface area (Å²) in [5.41, 5.74) is 1.76. The summed E-state index contributed by atoms with van der Waals surface area (Å²) in [6.45, 7) is 0. The van der Waals surface area contributed by atoms with Gasteiger partial charge < -0.3 is 8.83 Å². The molecule has 0 fully saturated rings. The third-order valence-electron chi connectivity index (χ3n) is 4.88. The lowest BCUT2D eigenvalue weighted by molar-refractivity contribution is 0.563. The number of para-hydroxylation sites is 1. The van der Waals surface area contributed by atoms with E-state index in [9.17, 15) is 10.1 Å². The number of furan rings is 1. The molecule has 0 radical (unpaired) electrons. The maximum Gasteiger partial charge on any atom is 0.345 e. The first kappa shape index (κ1) is 21.2. The lowest BCUT2D eigenvalue weighted by atomic mass is 10.1. The number of halogens is 2. The molecule has 0 saturated carbocycles. The van der Waals surface area contributed by atoms with E-state index in [4.69, 9.17) is 32.0 Å². The van der Waals surface area contributed by atoms with Crippen LogP contribution in [0.4, 0.5) is 0 Å². The van der Waals surface area contributed by atoms with Crippen LogP contribution in [0.2, 0.25) is 10.0 Å². The zero-order chi connectivity index (χ0) is 22.9. The predicted octanol–water partition coefficient (Wildman–Crippen LogP) is 7.55. The molecule has 5 rings (SSSR count). The molecule has 3 aromatic heterocycles. The van der Waals surface area contributed by atoms with Gasteiger partial charge in [-0.2, -0.15) is 5.26 Å². The lowest BCUT2D eigenvalue weighted by Crippen LogP contribution is -2.02. The molecular weight excluding hydrogens is 479 g/mol. The lowest BCUT2D eigenvalue weighted by Gasteiger charge is -2.01. The minimum absolute atomic E-state index is 0.300. The van der Waals surface area contributed by atoms with E-state index in [-0.39, 0.29) is 0 Å². The van der Waals surface area contributed by atoms with Gasteiger partial charge >= 0.3 is 5.63 Å². The van der Waals surface area contributed by atoms with E-state index in [2.05, 4.69) is 11.1 Å². The molecule has 2 aromatic carbocycles. The second-order valence-corrected chi connectivity index (χ2v) is 8.72. The fraction of sp³-hybridized carbons (Fsp3) is 0. The average molecular weight is 491 g/mol. The number of hydrogen-bond donors (Lipinski definition) is 0. The summed E-state index contributed by atoms with van der Waals surface area (Å²) in [6.07, 6.45) is 1.59. The molecule has 0 aliphatic carbocycles. The highest BCUT2D eigenvalue weighted by Gasteiger charge is 2.15. The van der Waals surface area contributed by atoms with Crippen LogP contribution in [0.1, 0.15) is 10.8 Å². The third-order valence-corrected chi connectivity index (χ3v) is 6.32. The Labute approximate surface area is 201 Å². The largest absolute Gasteiger partial charge is 0.457 e. The molecular formula is C25H12Cl2N2O3S. The van der Waals surface area contributed by atoms with Gasteiger partial charge in [0, 0.05) is 27.4 Å². The first-order valence-electron chi connectivity index (χ1n) is 9.68. The monoisotopic (exact) mass is 490 g/mol. The number of fused-ring (bicyclic) bond motifs is 1. The predicted molar refractivity (Wildman–Crippen MR) is 131 cm³/mol. The Morgan fingerprint density at radius 2 is 1.88 bits per heavy atom. The smallest absolute Gasteiger partial charge is 0.345 e. The Morgan fingerprint density at radius 1 is 1.03 bits per heavy atom. The summed E-state index contributed by atoms with van der Waals surface area (Å²) in [4.78, 5) is 16.9. The second kappa shape index (κ2) is 8.72. The standard InChI is InChI=1S/C25H12Cl2N2O3S/c26-16-5-7-20(27)18(11-16)23-8-6-17(31-23)9-15(12-28)24-29-21(13-33-24)19-10-14-3-1-2-4-22(14)32-25(19)30/h1-11,13H/b15-9+. The molecule has 0 atom stereocenters. The van der Waals surface area contributed by atoms with Crippen molar-refractivity contribution in [1.82, 2.24) is 4.98 Å². The number of rotatable bonds is 4. The van der Waals surface area contributed by atoms with Crippen molar-refractivity contribution in [3.8, 4) is 28.7 Å². The zero-order valence-corrected chi connectivity index (χ0v) is 19.0. The fourth-order valence-electron chi connectivity index (χ4n) is 3.31. The molecule has 0 aliphatic heterocycles. The maximum absolute atomic E-state index is 12.4. The molecule has 160 valence electrons. The van der Waals surface area contributed by atoms with Gasteiger partial charge in [-0.3, -0.25) is 0 Å². The fourth-order valence-corrected chi connectivity index (χ4v) is 4.48. The van der Waals surface area contributed by atoms with Crippen molar-refractivity contribution < 1.29 is 8.83 Å². The van der Waals surface area contributed by atoms with E-state index < -0.39 is 5.63 Å². The molecule has 33 heavy (non-hydrogen) atoms. The quantitative estimate of drug-likeness (QED) is 0.192. The Morgan fingerprint density at radius 3 is 2.73 bits per heavy atom.